The summed E-state index contributed by atoms with van der Waals surface area (Å²) in [5, 5.41) is 8.65. The molecule has 86 valence electrons. The molecule has 0 radical (unpaired) electrons. The van der Waals surface area contributed by atoms with Crippen LogP contribution in [-0.2, 0) is 16.0 Å². The van der Waals surface area contributed by atoms with E-state index in [2.05, 4.69) is 0 Å². The SMILES string of the molecule is CC(=O)Oc1cccc(CC(N)C(=O)O)c1. The molecule has 1 rings (SSSR count). The Labute approximate surface area is 92.8 Å². The number of nitrogens with two attached hydrogens (primary N) is 1. The number of rotatable bonds is 4. The third-order valence-electron chi connectivity index (χ3n) is 1.93. The lowest BCUT2D eigenvalue weighted by Crippen LogP contribution is -2.32. The number of carbonyl (C=O) groups is 2. The minimum atomic E-state index is -1.06. The molecule has 1 aromatic carbocycles. The van der Waals surface area contributed by atoms with Crippen molar-refractivity contribution in [2.45, 2.75) is 19.4 Å². The summed E-state index contributed by atoms with van der Waals surface area (Å²) in [5.41, 5.74) is 6.11. The molecular formula is C11H13NO4. The van der Waals surface area contributed by atoms with Crippen molar-refractivity contribution in [3.05, 3.63) is 29.8 Å². The van der Waals surface area contributed by atoms with Crippen molar-refractivity contribution in [2.24, 2.45) is 5.73 Å². The van der Waals surface area contributed by atoms with Gasteiger partial charge in [-0.1, -0.05) is 12.1 Å². The molecule has 0 spiro atoms. The Hall–Kier alpha value is -1.88. The number of aliphatic carboxylic acids is 1. The molecule has 0 saturated heterocycles. The molecule has 3 N–H and O–H groups in total. The molecule has 16 heavy (non-hydrogen) atoms. The summed E-state index contributed by atoms with van der Waals surface area (Å²) in [6.07, 6.45) is 0.199. The molecule has 0 aliphatic carbocycles. The van der Waals surface area contributed by atoms with Gasteiger partial charge in [-0.05, 0) is 24.1 Å². The third kappa shape index (κ3) is 3.70. The average molecular weight is 223 g/mol. The van der Waals surface area contributed by atoms with Crippen LogP contribution in [0.3, 0.4) is 0 Å². The fourth-order valence-electron chi connectivity index (χ4n) is 1.24. The normalized spacial score (nSPS) is 11.9. The van der Waals surface area contributed by atoms with Crippen LogP contribution in [-0.4, -0.2) is 23.1 Å². The van der Waals surface area contributed by atoms with Gasteiger partial charge in [0.25, 0.3) is 0 Å². The van der Waals surface area contributed by atoms with Crippen LogP contribution in [0.25, 0.3) is 0 Å². The predicted molar refractivity (Wildman–Crippen MR) is 57.1 cm³/mol. The van der Waals surface area contributed by atoms with Gasteiger partial charge in [0.1, 0.15) is 11.8 Å². The molecule has 0 amide bonds. The summed E-state index contributed by atoms with van der Waals surface area (Å²) in [4.78, 5) is 21.3. The van der Waals surface area contributed by atoms with E-state index < -0.39 is 18.0 Å². The Morgan fingerprint density at radius 2 is 2.19 bits per heavy atom. The second kappa shape index (κ2) is 5.27. The number of carbonyl (C=O) groups excluding carboxylic acids is 1. The molecule has 0 aliphatic heterocycles. The van der Waals surface area contributed by atoms with Crippen molar-refractivity contribution < 1.29 is 19.4 Å². The number of carboxylic acid groups (broad SMARTS) is 1. The van der Waals surface area contributed by atoms with E-state index in [9.17, 15) is 9.59 Å². The zero-order chi connectivity index (χ0) is 12.1. The molecule has 1 aromatic rings. The second-order valence-electron chi connectivity index (χ2n) is 3.39. The average Bonchev–Trinajstić information content (AvgIpc) is 2.16. The van der Waals surface area contributed by atoms with Crippen LogP contribution < -0.4 is 10.5 Å². The molecule has 0 heterocycles. The summed E-state index contributed by atoms with van der Waals surface area (Å²) in [6.45, 7) is 1.30. The van der Waals surface area contributed by atoms with Gasteiger partial charge >= 0.3 is 11.9 Å². The van der Waals surface area contributed by atoms with Crippen molar-refractivity contribution in [2.75, 3.05) is 0 Å². The maximum Gasteiger partial charge on any atom is 0.320 e. The number of hydrogen-bond acceptors (Lipinski definition) is 4. The van der Waals surface area contributed by atoms with Crippen LogP contribution in [0.15, 0.2) is 24.3 Å². The van der Waals surface area contributed by atoms with Crippen molar-refractivity contribution in [1.82, 2.24) is 0 Å². The topological polar surface area (TPSA) is 89.6 Å². The first-order chi connectivity index (χ1) is 7.49. The minimum Gasteiger partial charge on any atom is -0.480 e. The monoisotopic (exact) mass is 223 g/mol. The van der Waals surface area contributed by atoms with E-state index in [0.717, 1.165) is 0 Å². The highest BCUT2D eigenvalue weighted by Crippen LogP contribution is 2.14. The fourth-order valence-corrected chi connectivity index (χ4v) is 1.24. The predicted octanol–water partition coefficient (Wildman–Crippen LogP) is 0.566. The first-order valence-corrected chi connectivity index (χ1v) is 4.75. The Morgan fingerprint density at radius 1 is 1.50 bits per heavy atom. The number of esters is 1. The Bertz CT molecular complexity index is 403. The van der Waals surface area contributed by atoms with Gasteiger partial charge in [-0.2, -0.15) is 0 Å². The first-order valence-electron chi connectivity index (χ1n) is 4.75. The lowest BCUT2D eigenvalue weighted by atomic mass is 10.1. The highest BCUT2D eigenvalue weighted by Gasteiger charge is 2.12. The van der Waals surface area contributed by atoms with Gasteiger partial charge in [0.2, 0.25) is 0 Å². The first kappa shape index (κ1) is 12.2. The maximum absolute atomic E-state index is 10.7. The van der Waals surface area contributed by atoms with Crippen molar-refractivity contribution in [1.29, 1.82) is 0 Å². The molecule has 1 atom stereocenters. The highest BCUT2D eigenvalue weighted by molar-refractivity contribution is 5.73. The van der Waals surface area contributed by atoms with E-state index >= 15 is 0 Å². The van der Waals surface area contributed by atoms with Crippen LogP contribution in [0.4, 0.5) is 0 Å². The molecule has 0 aromatic heterocycles. The second-order valence-corrected chi connectivity index (χ2v) is 3.39. The fraction of sp³-hybridized carbons (Fsp3) is 0.273. The van der Waals surface area contributed by atoms with Crippen LogP contribution in [0.5, 0.6) is 5.75 Å². The smallest absolute Gasteiger partial charge is 0.320 e. The number of hydrogen-bond donors (Lipinski definition) is 2. The van der Waals surface area contributed by atoms with Gasteiger partial charge in [0.05, 0.1) is 0 Å². The molecule has 0 fully saturated rings. The van der Waals surface area contributed by atoms with Crippen LogP contribution in [0, 0.1) is 0 Å². The van der Waals surface area contributed by atoms with Gasteiger partial charge < -0.3 is 15.6 Å². The summed E-state index contributed by atoms with van der Waals surface area (Å²) in [7, 11) is 0. The number of ether oxygens (including phenoxy) is 1. The third-order valence-corrected chi connectivity index (χ3v) is 1.93. The van der Waals surface area contributed by atoms with Gasteiger partial charge in [-0.25, -0.2) is 0 Å². The zero-order valence-corrected chi connectivity index (χ0v) is 8.84. The number of benzene rings is 1. The Kier molecular flexibility index (Phi) is 4.02. The standard InChI is InChI=1S/C11H13NO4/c1-7(13)16-9-4-2-3-8(5-9)6-10(12)11(14)15/h2-5,10H,6,12H2,1H3,(H,14,15). The molecule has 0 bridgehead atoms. The van der Waals surface area contributed by atoms with E-state index in [1.54, 1.807) is 24.3 Å². The van der Waals surface area contributed by atoms with E-state index in [4.69, 9.17) is 15.6 Å². The lowest BCUT2D eigenvalue weighted by molar-refractivity contribution is -0.138. The van der Waals surface area contributed by atoms with E-state index in [0.29, 0.717) is 11.3 Å². The highest BCUT2D eigenvalue weighted by atomic mass is 16.5. The number of carboxylic acids is 1. The molecule has 5 heteroatoms. The van der Waals surface area contributed by atoms with E-state index in [-0.39, 0.29) is 6.42 Å². The molecular weight excluding hydrogens is 210 g/mol. The summed E-state index contributed by atoms with van der Waals surface area (Å²) in [5.74, 6) is -1.08. The maximum atomic E-state index is 10.7. The summed E-state index contributed by atoms with van der Waals surface area (Å²) in [6, 6.07) is 5.69. The van der Waals surface area contributed by atoms with Crippen molar-refractivity contribution >= 4 is 11.9 Å². The minimum absolute atomic E-state index is 0.199. The van der Waals surface area contributed by atoms with Crippen LogP contribution in [0.1, 0.15) is 12.5 Å². The van der Waals surface area contributed by atoms with E-state index in [1.807, 2.05) is 0 Å². The van der Waals surface area contributed by atoms with Crippen molar-refractivity contribution in [3.8, 4) is 5.75 Å². The zero-order valence-electron chi connectivity index (χ0n) is 8.84. The van der Waals surface area contributed by atoms with Gasteiger partial charge in [-0.3, -0.25) is 9.59 Å². The molecule has 0 aliphatic rings. The van der Waals surface area contributed by atoms with Crippen LogP contribution >= 0.6 is 0 Å². The van der Waals surface area contributed by atoms with Gasteiger partial charge in [-0.15, -0.1) is 0 Å². The quantitative estimate of drug-likeness (QED) is 0.575. The van der Waals surface area contributed by atoms with E-state index in [1.165, 1.54) is 6.92 Å². The lowest BCUT2D eigenvalue weighted by Gasteiger charge is -2.07. The molecule has 0 saturated carbocycles. The van der Waals surface area contributed by atoms with Gasteiger partial charge in [0.15, 0.2) is 0 Å². The Morgan fingerprint density at radius 3 is 2.75 bits per heavy atom. The summed E-state index contributed by atoms with van der Waals surface area (Å²) >= 11 is 0. The molecule has 1 unspecified atom stereocenters. The summed E-state index contributed by atoms with van der Waals surface area (Å²) < 4.78 is 4.87. The Balaban J connectivity index is 2.74. The van der Waals surface area contributed by atoms with Crippen molar-refractivity contribution in [3.63, 3.8) is 0 Å². The van der Waals surface area contributed by atoms with Crippen LogP contribution in [0.2, 0.25) is 0 Å². The largest absolute Gasteiger partial charge is 0.480 e. The van der Waals surface area contributed by atoms with Gasteiger partial charge in [0, 0.05) is 6.92 Å². The molecule has 5 nitrogen and oxygen atoms in total.